The largest absolute Gasteiger partial charge is 0.349 e. The third-order valence-electron chi connectivity index (χ3n) is 4.88. The molecule has 1 atom stereocenters. The summed E-state index contributed by atoms with van der Waals surface area (Å²) < 4.78 is 3.81. The van der Waals surface area contributed by atoms with Gasteiger partial charge in [0.25, 0.3) is 0 Å². The maximum Gasteiger partial charge on any atom is 0.228 e. The lowest BCUT2D eigenvalue weighted by atomic mass is 10.0. The average molecular weight is 335 g/mol. The maximum atomic E-state index is 12.9. The Bertz CT molecular complexity index is 850. The standard InChI is InChI=1S/C19H21N5O/c1-15(16-5-2-3-6-17(16)24-11-4-9-21-24)22-18(25)19(7-8-19)13-23-12-10-20-14-23/h2-6,9-12,14-15H,7-8,13H2,1H3,(H,22,25)/t15-/m0/s1. The van der Waals surface area contributed by atoms with Gasteiger partial charge in [-0.05, 0) is 37.5 Å². The van der Waals surface area contributed by atoms with Crippen molar-refractivity contribution in [1.29, 1.82) is 0 Å². The van der Waals surface area contributed by atoms with Gasteiger partial charge in [0.1, 0.15) is 0 Å². The lowest BCUT2D eigenvalue weighted by Gasteiger charge is -2.22. The van der Waals surface area contributed by atoms with Crippen LogP contribution in [0.25, 0.3) is 5.69 Å². The molecule has 6 nitrogen and oxygen atoms in total. The van der Waals surface area contributed by atoms with Crippen molar-refractivity contribution in [1.82, 2.24) is 24.6 Å². The molecule has 0 saturated heterocycles. The molecule has 2 aromatic heterocycles. The molecule has 1 saturated carbocycles. The van der Waals surface area contributed by atoms with Crippen molar-refractivity contribution < 1.29 is 4.79 Å². The zero-order valence-corrected chi connectivity index (χ0v) is 14.2. The van der Waals surface area contributed by atoms with Gasteiger partial charge in [-0.2, -0.15) is 5.10 Å². The number of carbonyl (C=O) groups excluding carboxylic acids is 1. The summed E-state index contributed by atoms with van der Waals surface area (Å²) >= 11 is 0. The van der Waals surface area contributed by atoms with Crippen molar-refractivity contribution >= 4 is 5.91 Å². The van der Waals surface area contributed by atoms with Crippen LogP contribution >= 0.6 is 0 Å². The summed E-state index contributed by atoms with van der Waals surface area (Å²) in [4.78, 5) is 16.9. The van der Waals surface area contributed by atoms with Gasteiger partial charge in [-0.3, -0.25) is 4.79 Å². The molecule has 0 spiro atoms. The Hall–Kier alpha value is -2.89. The summed E-state index contributed by atoms with van der Waals surface area (Å²) in [6, 6.07) is 9.83. The second kappa shape index (κ2) is 6.20. The third kappa shape index (κ3) is 3.07. The molecule has 128 valence electrons. The maximum absolute atomic E-state index is 12.9. The van der Waals surface area contributed by atoms with Gasteiger partial charge < -0.3 is 9.88 Å². The van der Waals surface area contributed by atoms with Crippen molar-refractivity contribution in [2.45, 2.75) is 32.4 Å². The zero-order chi connectivity index (χ0) is 17.3. The molecular formula is C19H21N5O. The van der Waals surface area contributed by atoms with E-state index in [9.17, 15) is 4.79 Å². The molecule has 1 aromatic carbocycles. The predicted molar refractivity (Wildman–Crippen MR) is 94.0 cm³/mol. The van der Waals surface area contributed by atoms with Crippen LogP contribution < -0.4 is 5.32 Å². The predicted octanol–water partition coefficient (Wildman–Crippen LogP) is 2.73. The first-order valence-electron chi connectivity index (χ1n) is 8.54. The van der Waals surface area contributed by atoms with Crippen molar-refractivity contribution in [2.24, 2.45) is 5.41 Å². The molecule has 0 bridgehead atoms. The van der Waals surface area contributed by atoms with Crippen LogP contribution in [0.4, 0.5) is 0 Å². The Balaban J connectivity index is 1.51. The summed E-state index contributed by atoms with van der Waals surface area (Å²) in [7, 11) is 0. The van der Waals surface area contributed by atoms with Crippen LogP contribution in [0, 0.1) is 5.41 Å². The molecule has 0 unspecified atom stereocenters. The van der Waals surface area contributed by atoms with Crippen LogP contribution in [0.3, 0.4) is 0 Å². The van der Waals surface area contributed by atoms with E-state index in [2.05, 4.69) is 15.4 Å². The molecule has 0 aliphatic heterocycles. The quantitative estimate of drug-likeness (QED) is 0.753. The minimum absolute atomic E-state index is 0.0897. The van der Waals surface area contributed by atoms with Gasteiger partial charge in [-0.1, -0.05) is 18.2 Å². The molecule has 1 fully saturated rings. The van der Waals surface area contributed by atoms with E-state index in [0.29, 0.717) is 6.54 Å². The fraction of sp³-hybridized carbons (Fsp3) is 0.316. The van der Waals surface area contributed by atoms with Gasteiger partial charge in [-0.25, -0.2) is 9.67 Å². The molecule has 1 aliphatic rings. The Kier molecular flexibility index (Phi) is 3.87. The third-order valence-corrected chi connectivity index (χ3v) is 4.88. The van der Waals surface area contributed by atoms with Crippen LogP contribution in [0.2, 0.25) is 0 Å². The second-order valence-corrected chi connectivity index (χ2v) is 6.72. The smallest absolute Gasteiger partial charge is 0.228 e. The van der Waals surface area contributed by atoms with Crippen LogP contribution in [0.5, 0.6) is 0 Å². The number of hydrogen-bond acceptors (Lipinski definition) is 3. The summed E-state index contributed by atoms with van der Waals surface area (Å²) in [5.74, 6) is 0.115. The highest BCUT2D eigenvalue weighted by Gasteiger charge is 2.50. The molecule has 4 rings (SSSR count). The Morgan fingerprint density at radius 3 is 2.76 bits per heavy atom. The molecule has 1 N–H and O–H groups in total. The van der Waals surface area contributed by atoms with Crippen molar-refractivity contribution in [3.63, 3.8) is 0 Å². The van der Waals surface area contributed by atoms with E-state index in [0.717, 1.165) is 24.1 Å². The highest BCUT2D eigenvalue weighted by molar-refractivity contribution is 5.85. The van der Waals surface area contributed by atoms with Crippen LogP contribution in [0.15, 0.2) is 61.4 Å². The minimum atomic E-state index is -0.296. The first-order chi connectivity index (χ1) is 12.2. The Morgan fingerprint density at radius 2 is 2.08 bits per heavy atom. The first kappa shape index (κ1) is 15.6. The molecule has 2 heterocycles. The average Bonchev–Trinajstić information content (AvgIpc) is 3.04. The molecule has 1 aliphatic carbocycles. The fourth-order valence-corrected chi connectivity index (χ4v) is 3.24. The first-order valence-corrected chi connectivity index (χ1v) is 8.54. The number of hydrogen-bond donors (Lipinski definition) is 1. The summed E-state index contributed by atoms with van der Waals surface area (Å²) in [5.41, 5.74) is 1.74. The number of nitrogens with one attached hydrogen (secondary N) is 1. The van der Waals surface area contributed by atoms with Crippen molar-refractivity contribution in [2.75, 3.05) is 0 Å². The van der Waals surface area contributed by atoms with Crippen molar-refractivity contribution in [3.05, 3.63) is 67.0 Å². The number of benzene rings is 1. The topological polar surface area (TPSA) is 64.7 Å². The number of carbonyl (C=O) groups is 1. The van der Waals surface area contributed by atoms with E-state index in [1.165, 1.54) is 0 Å². The lowest BCUT2D eigenvalue weighted by molar-refractivity contribution is -0.127. The molecule has 3 aromatic rings. The van der Waals surface area contributed by atoms with Gasteiger partial charge in [0, 0.05) is 31.3 Å². The van der Waals surface area contributed by atoms with Crippen LogP contribution in [-0.4, -0.2) is 25.2 Å². The van der Waals surface area contributed by atoms with Crippen LogP contribution in [-0.2, 0) is 11.3 Å². The van der Waals surface area contributed by atoms with Crippen LogP contribution in [0.1, 0.15) is 31.4 Å². The van der Waals surface area contributed by atoms with E-state index in [1.807, 2.05) is 58.9 Å². The van der Waals surface area contributed by atoms with E-state index < -0.39 is 0 Å². The van der Waals surface area contributed by atoms with E-state index in [-0.39, 0.29) is 17.4 Å². The van der Waals surface area contributed by atoms with Gasteiger partial charge in [0.05, 0.1) is 23.5 Å². The van der Waals surface area contributed by atoms with Gasteiger partial charge in [-0.15, -0.1) is 0 Å². The number of para-hydroxylation sites is 1. The van der Waals surface area contributed by atoms with Gasteiger partial charge >= 0.3 is 0 Å². The Morgan fingerprint density at radius 1 is 1.24 bits per heavy atom. The summed E-state index contributed by atoms with van der Waals surface area (Å²) in [5, 5.41) is 7.51. The van der Waals surface area contributed by atoms with Gasteiger partial charge in [0.2, 0.25) is 5.91 Å². The molecule has 6 heteroatoms. The molecule has 25 heavy (non-hydrogen) atoms. The normalized spacial score (nSPS) is 16.4. The SMILES string of the molecule is C[C@H](NC(=O)C1(Cn2ccnc2)CC1)c1ccccc1-n1cccn1. The molecule has 1 amide bonds. The van der Waals surface area contributed by atoms with Gasteiger partial charge in [0.15, 0.2) is 0 Å². The van der Waals surface area contributed by atoms with Crippen molar-refractivity contribution in [3.8, 4) is 5.69 Å². The second-order valence-electron chi connectivity index (χ2n) is 6.72. The molecular weight excluding hydrogens is 314 g/mol. The summed E-state index contributed by atoms with van der Waals surface area (Å²) in [6.07, 6.45) is 10.9. The minimum Gasteiger partial charge on any atom is -0.349 e. The highest BCUT2D eigenvalue weighted by atomic mass is 16.2. The van der Waals surface area contributed by atoms with E-state index >= 15 is 0 Å². The highest BCUT2D eigenvalue weighted by Crippen LogP contribution is 2.47. The number of amides is 1. The lowest BCUT2D eigenvalue weighted by Crippen LogP contribution is -2.36. The summed E-state index contributed by atoms with van der Waals surface area (Å²) in [6.45, 7) is 2.71. The fourth-order valence-electron chi connectivity index (χ4n) is 3.24. The monoisotopic (exact) mass is 335 g/mol. The number of nitrogens with zero attached hydrogens (tertiary/aromatic N) is 4. The van der Waals surface area contributed by atoms with E-state index in [4.69, 9.17) is 0 Å². The van der Waals surface area contributed by atoms with E-state index in [1.54, 1.807) is 18.7 Å². The zero-order valence-electron chi connectivity index (χ0n) is 14.2. The molecule has 0 radical (unpaired) electrons. The Labute approximate surface area is 146 Å². The number of aromatic nitrogens is 4. The number of rotatable bonds is 6. The number of imidazole rings is 1.